The van der Waals surface area contributed by atoms with Crippen LogP contribution in [-0.2, 0) is 10.3 Å². The van der Waals surface area contributed by atoms with Crippen LogP contribution in [-0.4, -0.2) is 20.9 Å². The average Bonchev–Trinajstić information content (AvgIpc) is 2.65. The zero-order valence-corrected chi connectivity index (χ0v) is 17.8. The molecule has 2 N–H and O–H groups in total. The Morgan fingerprint density at radius 3 is 2.60 bits per heavy atom. The summed E-state index contributed by atoms with van der Waals surface area (Å²) in [5.74, 6) is 0.175. The maximum Gasteiger partial charge on any atom is 0.303 e. The molecule has 2 atom stereocenters. The van der Waals surface area contributed by atoms with Crippen molar-refractivity contribution in [3.63, 3.8) is 0 Å². The number of hydrogen-bond donors (Lipinski definition) is 2. The molecule has 4 bridgehead atoms. The molecule has 0 radical (unpaired) electrons. The highest BCUT2D eigenvalue weighted by atomic mass is 35.5. The number of carbonyl (C=O) groups is 1. The standard InChI is InChI=1S/C23H26ClN3O3/c1-14-4-2-3-5-17(14)26-18-12-25-27(21(30)20(18)24)23-9-15-6-16(10-23)8-22(7-15,13-23)11-19(28)29/h2-5,12,15-16,26H,6-11,13H2,1H3,(H,28,29)/t15-,16-,22?,23?/m0/s1. The molecule has 6 rings (SSSR count). The highest BCUT2D eigenvalue weighted by molar-refractivity contribution is 6.33. The van der Waals surface area contributed by atoms with E-state index >= 15 is 0 Å². The SMILES string of the molecule is Cc1ccccc1Nc1cnn(C23C[C@H]4C[C@@H](CC(CC(=O)O)(C4)C2)C3)c(=O)c1Cl. The molecule has 4 fully saturated rings. The van der Waals surface area contributed by atoms with Crippen molar-refractivity contribution in [3.05, 3.63) is 51.4 Å². The Hall–Kier alpha value is -2.34. The number of halogens is 1. The molecule has 0 spiro atoms. The molecule has 30 heavy (non-hydrogen) atoms. The van der Waals surface area contributed by atoms with E-state index in [0.29, 0.717) is 23.9 Å². The van der Waals surface area contributed by atoms with Crippen LogP contribution >= 0.6 is 11.6 Å². The van der Waals surface area contributed by atoms with Crippen molar-refractivity contribution in [2.75, 3.05) is 5.32 Å². The number of anilines is 2. The minimum absolute atomic E-state index is 0.135. The van der Waals surface area contributed by atoms with E-state index in [2.05, 4.69) is 10.4 Å². The zero-order chi connectivity index (χ0) is 21.1. The number of nitrogens with zero attached hydrogens (tertiary/aromatic N) is 2. The van der Waals surface area contributed by atoms with Crippen LogP contribution in [0.15, 0.2) is 35.3 Å². The van der Waals surface area contributed by atoms with Gasteiger partial charge in [0.25, 0.3) is 5.56 Å². The third kappa shape index (κ3) is 3.13. The van der Waals surface area contributed by atoms with Crippen molar-refractivity contribution in [1.82, 2.24) is 9.78 Å². The van der Waals surface area contributed by atoms with E-state index in [0.717, 1.165) is 43.4 Å². The van der Waals surface area contributed by atoms with E-state index in [1.165, 1.54) is 0 Å². The van der Waals surface area contributed by atoms with Gasteiger partial charge in [0, 0.05) is 5.69 Å². The molecule has 1 aromatic heterocycles. The highest BCUT2D eigenvalue weighted by Gasteiger charge is 2.59. The Morgan fingerprint density at radius 2 is 1.93 bits per heavy atom. The van der Waals surface area contributed by atoms with Crippen molar-refractivity contribution < 1.29 is 9.90 Å². The number of carboxylic acids is 1. The van der Waals surface area contributed by atoms with E-state index in [9.17, 15) is 14.7 Å². The first-order valence-electron chi connectivity index (χ1n) is 10.6. The fraction of sp³-hybridized carbons (Fsp3) is 0.522. The highest BCUT2D eigenvalue weighted by Crippen LogP contribution is 2.65. The Labute approximate surface area is 180 Å². The van der Waals surface area contributed by atoms with Gasteiger partial charge in [-0.3, -0.25) is 9.59 Å². The van der Waals surface area contributed by atoms with Crippen LogP contribution in [0.3, 0.4) is 0 Å². The first kappa shape index (κ1) is 19.6. The molecule has 0 unspecified atom stereocenters. The van der Waals surface area contributed by atoms with Crippen molar-refractivity contribution in [2.24, 2.45) is 17.3 Å². The van der Waals surface area contributed by atoms with Crippen LogP contribution in [0.2, 0.25) is 5.02 Å². The van der Waals surface area contributed by atoms with Crippen LogP contribution in [0, 0.1) is 24.2 Å². The van der Waals surface area contributed by atoms with Gasteiger partial charge >= 0.3 is 5.97 Å². The molecule has 0 aliphatic heterocycles. The second kappa shape index (κ2) is 6.84. The molecule has 4 saturated carbocycles. The smallest absolute Gasteiger partial charge is 0.303 e. The van der Waals surface area contributed by atoms with Gasteiger partial charge in [0.05, 0.1) is 23.8 Å². The Kier molecular flexibility index (Phi) is 4.47. The summed E-state index contributed by atoms with van der Waals surface area (Å²) in [4.78, 5) is 24.9. The average molecular weight is 428 g/mol. The predicted molar refractivity (Wildman–Crippen MR) is 115 cm³/mol. The second-order valence-corrected chi connectivity index (χ2v) is 10.2. The van der Waals surface area contributed by atoms with Crippen LogP contribution in [0.25, 0.3) is 0 Å². The van der Waals surface area contributed by atoms with Crippen molar-refractivity contribution in [3.8, 4) is 0 Å². The minimum Gasteiger partial charge on any atom is -0.481 e. The van der Waals surface area contributed by atoms with Gasteiger partial charge in [0.15, 0.2) is 0 Å². The third-order valence-electron chi connectivity index (χ3n) is 7.46. The number of aryl methyl sites for hydroxylation is 1. The maximum atomic E-state index is 13.3. The zero-order valence-electron chi connectivity index (χ0n) is 17.0. The number of aromatic nitrogens is 2. The van der Waals surface area contributed by atoms with E-state index in [1.54, 1.807) is 10.9 Å². The Morgan fingerprint density at radius 1 is 1.23 bits per heavy atom. The van der Waals surface area contributed by atoms with E-state index in [-0.39, 0.29) is 22.4 Å². The predicted octanol–water partition coefficient (Wildman–Crippen LogP) is 4.72. The largest absolute Gasteiger partial charge is 0.481 e. The topological polar surface area (TPSA) is 84.2 Å². The lowest BCUT2D eigenvalue weighted by molar-refractivity contribution is -0.151. The number of rotatable bonds is 5. The van der Waals surface area contributed by atoms with Gasteiger partial charge in [0.2, 0.25) is 0 Å². The monoisotopic (exact) mass is 427 g/mol. The summed E-state index contributed by atoms with van der Waals surface area (Å²) in [5.41, 5.74) is 1.51. The summed E-state index contributed by atoms with van der Waals surface area (Å²) in [6, 6.07) is 7.81. The molecule has 0 amide bonds. The Balaban J connectivity index is 1.52. The van der Waals surface area contributed by atoms with Crippen molar-refractivity contribution in [2.45, 2.75) is 57.4 Å². The van der Waals surface area contributed by atoms with Crippen LogP contribution in [0.5, 0.6) is 0 Å². The van der Waals surface area contributed by atoms with Gasteiger partial charge in [-0.25, -0.2) is 4.68 Å². The third-order valence-corrected chi connectivity index (χ3v) is 7.83. The van der Waals surface area contributed by atoms with E-state index < -0.39 is 11.5 Å². The lowest BCUT2D eigenvalue weighted by atomic mass is 9.46. The lowest BCUT2D eigenvalue weighted by Gasteiger charge is -2.61. The molecule has 4 aliphatic rings. The van der Waals surface area contributed by atoms with Gasteiger partial charge in [-0.1, -0.05) is 29.8 Å². The normalized spacial score (nSPS) is 31.7. The summed E-state index contributed by atoms with van der Waals surface area (Å²) in [5, 5.41) is 17.5. The summed E-state index contributed by atoms with van der Waals surface area (Å²) in [7, 11) is 0. The van der Waals surface area contributed by atoms with Gasteiger partial charge in [-0.05, 0) is 74.3 Å². The quantitative estimate of drug-likeness (QED) is 0.721. The number of benzene rings is 1. The van der Waals surface area contributed by atoms with Crippen LogP contribution in [0.1, 0.15) is 50.5 Å². The first-order valence-corrected chi connectivity index (χ1v) is 11.0. The number of aliphatic carboxylic acids is 1. The van der Waals surface area contributed by atoms with Gasteiger partial charge in [-0.2, -0.15) is 5.10 Å². The molecular weight excluding hydrogens is 402 g/mol. The molecule has 1 heterocycles. The van der Waals surface area contributed by atoms with Gasteiger partial charge in [0.1, 0.15) is 5.02 Å². The fourth-order valence-corrected chi connectivity index (χ4v) is 7.07. The number of para-hydroxylation sites is 1. The molecule has 7 heteroatoms. The minimum atomic E-state index is -0.747. The summed E-state index contributed by atoms with van der Waals surface area (Å²) in [6.45, 7) is 1.99. The maximum absolute atomic E-state index is 13.3. The van der Waals surface area contributed by atoms with E-state index in [4.69, 9.17) is 11.6 Å². The molecule has 1 aromatic carbocycles. The number of nitrogens with one attached hydrogen (secondary N) is 1. The summed E-state index contributed by atoms with van der Waals surface area (Å²) in [6.07, 6.45) is 7.33. The molecule has 2 aromatic rings. The van der Waals surface area contributed by atoms with Crippen LogP contribution < -0.4 is 10.9 Å². The van der Waals surface area contributed by atoms with Crippen LogP contribution in [0.4, 0.5) is 11.4 Å². The van der Waals surface area contributed by atoms with E-state index in [1.807, 2.05) is 31.2 Å². The molecular formula is C23H26ClN3O3. The fourth-order valence-electron chi connectivity index (χ4n) is 6.89. The number of carboxylic acid groups (broad SMARTS) is 1. The van der Waals surface area contributed by atoms with Gasteiger partial charge in [-0.15, -0.1) is 0 Å². The second-order valence-electron chi connectivity index (χ2n) is 9.78. The summed E-state index contributed by atoms with van der Waals surface area (Å²) >= 11 is 6.53. The van der Waals surface area contributed by atoms with Gasteiger partial charge < -0.3 is 10.4 Å². The first-order chi connectivity index (χ1) is 14.3. The van der Waals surface area contributed by atoms with Crippen molar-refractivity contribution in [1.29, 1.82) is 0 Å². The summed E-state index contributed by atoms with van der Waals surface area (Å²) < 4.78 is 1.59. The molecule has 0 saturated heterocycles. The lowest BCUT2D eigenvalue weighted by Crippen LogP contribution is -2.59. The van der Waals surface area contributed by atoms with Crippen molar-refractivity contribution >= 4 is 28.9 Å². The molecule has 158 valence electrons. The number of hydrogen-bond acceptors (Lipinski definition) is 4. The Bertz CT molecular complexity index is 1070. The molecule has 6 nitrogen and oxygen atoms in total. The molecule has 4 aliphatic carbocycles.